The van der Waals surface area contributed by atoms with Crippen LogP contribution in [0.15, 0.2) is 49.1 Å². The third-order valence-electron chi connectivity index (χ3n) is 5.04. The first-order chi connectivity index (χ1) is 17.7. The van der Waals surface area contributed by atoms with Gasteiger partial charge in [-0.25, -0.2) is 4.79 Å². The summed E-state index contributed by atoms with van der Waals surface area (Å²) in [6.45, 7) is 2.95. The molecule has 1 aliphatic rings. The van der Waals surface area contributed by atoms with Gasteiger partial charge in [-0.1, -0.05) is 0 Å². The molecular formula is C24H25N3O10. The van der Waals surface area contributed by atoms with E-state index in [-0.39, 0.29) is 11.1 Å². The zero-order valence-corrected chi connectivity index (χ0v) is 20.2. The standard InChI is InChI=1S/C24H25N3O10/c1-13(28)33-12-18-20(34-14(2)29)21(35-15(3)30)19(27-22(31)16-6-4-8-25-10-16)24(36-18)37-23(32)17-7-5-9-26-11-17/h4-11,18-21,24H,12H2,1-3H3,(H,27,31)/t18-,19+,20-,21-,24-/m1/s1. The van der Waals surface area contributed by atoms with Crippen molar-refractivity contribution in [2.45, 2.75) is 51.4 Å². The summed E-state index contributed by atoms with van der Waals surface area (Å²) in [6, 6.07) is 4.63. The summed E-state index contributed by atoms with van der Waals surface area (Å²) in [4.78, 5) is 69.0. The first-order valence-corrected chi connectivity index (χ1v) is 11.1. The van der Waals surface area contributed by atoms with Crippen molar-refractivity contribution in [1.82, 2.24) is 15.3 Å². The van der Waals surface area contributed by atoms with Gasteiger partial charge in [0.25, 0.3) is 5.91 Å². The normalized spacial score (nSPS) is 22.7. The third-order valence-corrected chi connectivity index (χ3v) is 5.04. The number of nitrogens with zero attached hydrogens (tertiary/aromatic N) is 2. The minimum absolute atomic E-state index is 0.0751. The second-order valence-corrected chi connectivity index (χ2v) is 7.88. The van der Waals surface area contributed by atoms with E-state index in [4.69, 9.17) is 23.7 Å². The number of esters is 4. The number of hydrogen-bond donors (Lipinski definition) is 1. The molecule has 37 heavy (non-hydrogen) atoms. The van der Waals surface area contributed by atoms with Crippen LogP contribution in [0.1, 0.15) is 41.5 Å². The fraction of sp³-hybridized carbons (Fsp3) is 0.375. The average Bonchev–Trinajstić information content (AvgIpc) is 2.86. The first kappa shape index (κ1) is 27.2. The van der Waals surface area contributed by atoms with Gasteiger partial charge in [0, 0.05) is 45.6 Å². The molecule has 0 saturated carbocycles. The highest BCUT2D eigenvalue weighted by atomic mass is 16.7. The largest absolute Gasteiger partial charge is 0.463 e. The smallest absolute Gasteiger partial charge is 0.342 e. The summed E-state index contributed by atoms with van der Waals surface area (Å²) in [7, 11) is 0. The molecule has 0 unspecified atom stereocenters. The molecule has 13 heteroatoms. The van der Waals surface area contributed by atoms with Crippen molar-refractivity contribution in [2.24, 2.45) is 0 Å². The molecule has 1 saturated heterocycles. The molecule has 13 nitrogen and oxygen atoms in total. The Bertz CT molecular complexity index is 1130. The zero-order valence-electron chi connectivity index (χ0n) is 20.2. The third kappa shape index (κ3) is 7.54. The number of rotatable bonds is 8. The fourth-order valence-electron chi connectivity index (χ4n) is 3.55. The molecule has 0 aromatic carbocycles. The van der Waals surface area contributed by atoms with Gasteiger partial charge in [-0.15, -0.1) is 0 Å². The molecule has 3 rings (SSSR count). The van der Waals surface area contributed by atoms with Crippen LogP contribution in [0.5, 0.6) is 0 Å². The summed E-state index contributed by atoms with van der Waals surface area (Å²) in [5, 5.41) is 2.61. The minimum Gasteiger partial charge on any atom is -0.463 e. The van der Waals surface area contributed by atoms with Crippen molar-refractivity contribution < 1.29 is 47.7 Å². The van der Waals surface area contributed by atoms with E-state index < -0.39 is 67.0 Å². The molecule has 0 aliphatic carbocycles. The highest BCUT2D eigenvalue weighted by Gasteiger charge is 2.52. The number of pyridine rings is 2. The van der Waals surface area contributed by atoms with Crippen molar-refractivity contribution >= 4 is 29.8 Å². The molecule has 0 bridgehead atoms. The lowest BCUT2D eigenvalue weighted by molar-refractivity contribution is -0.262. The van der Waals surface area contributed by atoms with Gasteiger partial charge >= 0.3 is 23.9 Å². The molecule has 1 N–H and O–H groups in total. The molecule has 196 valence electrons. The highest BCUT2D eigenvalue weighted by molar-refractivity contribution is 5.94. The Morgan fingerprint density at radius 2 is 1.43 bits per heavy atom. The first-order valence-electron chi connectivity index (χ1n) is 11.1. The maximum Gasteiger partial charge on any atom is 0.342 e. The summed E-state index contributed by atoms with van der Waals surface area (Å²) in [6.07, 6.45) is -0.0478. The topological polar surface area (TPSA) is 169 Å². The van der Waals surface area contributed by atoms with E-state index in [9.17, 15) is 24.0 Å². The molecule has 0 radical (unpaired) electrons. The SMILES string of the molecule is CC(=O)OC[C@H]1O[C@H](OC(=O)c2cccnc2)[C@@H](NC(=O)c2cccnc2)[C@@H](OC(C)=O)[C@@H]1OC(C)=O. The van der Waals surface area contributed by atoms with Crippen molar-refractivity contribution in [3.63, 3.8) is 0 Å². The van der Waals surface area contributed by atoms with E-state index in [2.05, 4.69) is 15.3 Å². The summed E-state index contributed by atoms with van der Waals surface area (Å²) in [5.74, 6) is -3.74. The number of carbonyl (C=O) groups is 5. The quantitative estimate of drug-likeness (QED) is 0.384. The Labute approximate surface area is 211 Å². The van der Waals surface area contributed by atoms with E-state index in [0.29, 0.717) is 0 Å². The lowest BCUT2D eigenvalue weighted by atomic mass is 9.95. The van der Waals surface area contributed by atoms with Gasteiger partial charge in [-0.05, 0) is 24.3 Å². The van der Waals surface area contributed by atoms with Gasteiger partial charge in [0.1, 0.15) is 18.8 Å². The summed E-state index contributed by atoms with van der Waals surface area (Å²) >= 11 is 0. The number of ether oxygens (including phenoxy) is 5. The fourth-order valence-corrected chi connectivity index (χ4v) is 3.55. The maximum atomic E-state index is 13.0. The molecular weight excluding hydrogens is 490 g/mol. The van der Waals surface area contributed by atoms with Crippen molar-refractivity contribution in [1.29, 1.82) is 0 Å². The maximum absolute atomic E-state index is 13.0. The van der Waals surface area contributed by atoms with E-state index in [1.807, 2.05) is 0 Å². The van der Waals surface area contributed by atoms with Crippen LogP contribution < -0.4 is 5.32 Å². The number of amides is 1. The second kappa shape index (κ2) is 12.5. The molecule has 0 spiro atoms. The van der Waals surface area contributed by atoms with Crippen molar-refractivity contribution in [2.75, 3.05) is 6.61 Å². The minimum atomic E-state index is -1.56. The van der Waals surface area contributed by atoms with Crippen LogP contribution in [0.3, 0.4) is 0 Å². The van der Waals surface area contributed by atoms with Crippen LogP contribution in [0.2, 0.25) is 0 Å². The number of nitrogens with one attached hydrogen (secondary N) is 1. The van der Waals surface area contributed by atoms with Crippen LogP contribution in [0.4, 0.5) is 0 Å². The Morgan fingerprint density at radius 1 is 0.838 bits per heavy atom. The predicted molar refractivity (Wildman–Crippen MR) is 122 cm³/mol. The number of aromatic nitrogens is 2. The monoisotopic (exact) mass is 515 g/mol. The molecule has 3 heterocycles. The van der Waals surface area contributed by atoms with Gasteiger partial charge < -0.3 is 29.0 Å². The Balaban J connectivity index is 2.00. The molecule has 1 aliphatic heterocycles. The van der Waals surface area contributed by atoms with Gasteiger partial charge in [0.15, 0.2) is 12.2 Å². The predicted octanol–water partition coefficient (Wildman–Crippen LogP) is 0.583. The van der Waals surface area contributed by atoms with E-state index in [0.717, 1.165) is 20.8 Å². The molecule has 1 amide bonds. The van der Waals surface area contributed by atoms with Gasteiger partial charge in [0.05, 0.1) is 11.1 Å². The van der Waals surface area contributed by atoms with E-state index in [1.165, 1.54) is 49.1 Å². The van der Waals surface area contributed by atoms with Crippen LogP contribution in [0.25, 0.3) is 0 Å². The van der Waals surface area contributed by atoms with Crippen LogP contribution in [-0.4, -0.2) is 77.0 Å². The lowest BCUT2D eigenvalue weighted by Crippen LogP contribution is -2.67. The van der Waals surface area contributed by atoms with E-state index in [1.54, 1.807) is 0 Å². The Morgan fingerprint density at radius 3 is 1.97 bits per heavy atom. The zero-order chi connectivity index (χ0) is 26.9. The van der Waals surface area contributed by atoms with Crippen LogP contribution >= 0.6 is 0 Å². The van der Waals surface area contributed by atoms with Gasteiger partial charge in [-0.2, -0.15) is 0 Å². The van der Waals surface area contributed by atoms with Crippen molar-refractivity contribution in [3.05, 3.63) is 60.2 Å². The van der Waals surface area contributed by atoms with Gasteiger partial charge in [0.2, 0.25) is 6.29 Å². The molecule has 2 aromatic heterocycles. The number of hydrogen-bond acceptors (Lipinski definition) is 12. The lowest BCUT2D eigenvalue weighted by Gasteiger charge is -2.44. The summed E-state index contributed by atoms with van der Waals surface area (Å²) < 4.78 is 27.2. The molecule has 2 aromatic rings. The van der Waals surface area contributed by atoms with Crippen molar-refractivity contribution in [3.8, 4) is 0 Å². The van der Waals surface area contributed by atoms with Gasteiger partial charge in [-0.3, -0.25) is 29.1 Å². The average molecular weight is 515 g/mol. The Kier molecular flexibility index (Phi) is 9.21. The summed E-state index contributed by atoms with van der Waals surface area (Å²) in [5.41, 5.74) is 0.221. The molecule has 5 atom stereocenters. The van der Waals surface area contributed by atoms with E-state index >= 15 is 0 Å². The highest BCUT2D eigenvalue weighted by Crippen LogP contribution is 2.28. The Hall–Kier alpha value is -4.39. The van der Waals surface area contributed by atoms with Crippen LogP contribution in [0, 0.1) is 0 Å². The number of carbonyl (C=O) groups excluding carboxylic acids is 5. The van der Waals surface area contributed by atoms with Crippen LogP contribution in [-0.2, 0) is 38.1 Å². The second-order valence-electron chi connectivity index (χ2n) is 7.88. The molecule has 1 fully saturated rings.